The van der Waals surface area contributed by atoms with E-state index in [1.165, 1.54) is 38.1 Å². The molecule has 1 aromatic carbocycles. The lowest BCUT2D eigenvalue weighted by Crippen LogP contribution is -2.62. The standard InChI is InChI=1S/C24H30F3N3O3/c1-17-14-22(28-30(17)19-2-4-21(5-3-19)33-24(25,26)27)32-20-6-10-23(11-7-20)15-29(16-23)18-8-12-31-13-9-18/h2-5,14,18,20H,6-13,15-16H2,1H3. The predicted octanol–water partition coefficient (Wildman–Crippen LogP) is 4.88. The summed E-state index contributed by atoms with van der Waals surface area (Å²) in [6, 6.07) is 8.24. The zero-order chi connectivity index (χ0) is 23.1. The summed E-state index contributed by atoms with van der Waals surface area (Å²) in [5.41, 5.74) is 1.96. The van der Waals surface area contributed by atoms with E-state index in [-0.39, 0.29) is 11.9 Å². The molecule has 180 valence electrons. The minimum Gasteiger partial charge on any atom is -0.473 e. The van der Waals surface area contributed by atoms with Crippen LogP contribution in [0.5, 0.6) is 11.6 Å². The second-order valence-corrected chi connectivity index (χ2v) is 9.64. The molecule has 0 bridgehead atoms. The van der Waals surface area contributed by atoms with Crippen molar-refractivity contribution < 1.29 is 27.4 Å². The number of rotatable bonds is 5. The van der Waals surface area contributed by atoms with Gasteiger partial charge in [-0.25, -0.2) is 4.68 Å². The number of nitrogens with zero attached hydrogens (tertiary/aromatic N) is 3. The Labute approximate surface area is 191 Å². The number of aryl methyl sites for hydroxylation is 1. The molecular weight excluding hydrogens is 435 g/mol. The first-order chi connectivity index (χ1) is 15.8. The molecule has 3 aliphatic rings. The summed E-state index contributed by atoms with van der Waals surface area (Å²) in [4.78, 5) is 2.64. The number of aromatic nitrogens is 2. The molecule has 0 N–H and O–H groups in total. The highest BCUT2D eigenvalue weighted by Gasteiger charge is 2.47. The highest BCUT2D eigenvalue weighted by atomic mass is 19.4. The summed E-state index contributed by atoms with van der Waals surface area (Å²) in [6.07, 6.45) is 2.16. The quantitative estimate of drug-likeness (QED) is 0.630. The second-order valence-electron chi connectivity index (χ2n) is 9.64. The van der Waals surface area contributed by atoms with E-state index >= 15 is 0 Å². The molecule has 2 aromatic rings. The average Bonchev–Trinajstić information content (AvgIpc) is 3.13. The number of alkyl halides is 3. The Morgan fingerprint density at radius 3 is 2.33 bits per heavy atom. The summed E-state index contributed by atoms with van der Waals surface area (Å²) in [5, 5.41) is 4.53. The van der Waals surface area contributed by atoms with Crippen LogP contribution < -0.4 is 9.47 Å². The van der Waals surface area contributed by atoms with Crippen molar-refractivity contribution in [2.24, 2.45) is 5.41 Å². The van der Waals surface area contributed by atoms with Crippen LogP contribution in [0.15, 0.2) is 30.3 Å². The molecule has 5 rings (SSSR count). The molecule has 1 spiro atoms. The number of benzene rings is 1. The van der Waals surface area contributed by atoms with Crippen LogP contribution >= 0.6 is 0 Å². The second kappa shape index (κ2) is 8.83. The summed E-state index contributed by atoms with van der Waals surface area (Å²) in [5.74, 6) is 0.302. The topological polar surface area (TPSA) is 48.8 Å². The lowest BCUT2D eigenvalue weighted by atomic mass is 9.67. The van der Waals surface area contributed by atoms with Gasteiger partial charge in [0.15, 0.2) is 0 Å². The molecule has 0 unspecified atom stereocenters. The van der Waals surface area contributed by atoms with Gasteiger partial charge >= 0.3 is 6.36 Å². The SMILES string of the molecule is Cc1cc(OC2CCC3(CC2)CN(C2CCOCC2)C3)nn1-c1ccc(OC(F)(F)F)cc1. The normalized spacial score (nSPS) is 22.3. The van der Waals surface area contributed by atoms with E-state index in [1.807, 2.05) is 13.0 Å². The molecule has 1 aromatic heterocycles. The van der Waals surface area contributed by atoms with Gasteiger partial charge in [0.2, 0.25) is 5.88 Å². The molecule has 2 aliphatic heterocycles. The Morgan fingerprint density at radius 1 is 1.03 bits per heavy atom. The smallest absolute Gasteiger partial charge is 0.473 e. The fourth-order valence-corrected chi connectivity index (χ4v) is 5.49. The minimum absolute atomic E-state index is 0.151. The van der Waals surface area contributed by atoms with E-state index in [0.717, 1.165) is 44.6 Å². The van der Waals surface area contributed by atoms with Gasteiger partial charge in [0.05, 0.1) is 5.69 Å². The number of hydrogen-bond donors (Lipinski definition) is 0. The van der Waals surface area contributed by atoms with Crippen molar-refractivity contribution in [2.75, 3.05) is 26.3 Å². The maximum absolute atomic E-state index is 12.4. The molecule has 0 atom stereocenters. The van der Waals surface area contributed by atoms with Crippen LogP contribution in [0.3, 0.4) is 0 Å². The molecule has 0 amide bonds. The largest absolute Gasteiger partial charge is 0.573 e. The van der Waals surface area contributed by atoms with Crippen molar-refractivity contribution in [3.8, 4) is 17.3 Å². The zero-order valence-electron chi connectivity index (χ0n) is 18.8. The van der Waals surface area contributed by atoms with E-state index in [2.05, 4.69) is 14.7 Å². The lowest BCUT2D eigenvalue weighted by molar-refractivity contribution is -0.274. The van der Waals surface area contributed by atoms with Crippen LogP contribution in [0.4, 0.5) is 13.2 Å². The third kappa shape index (κ3) is 5.14. The fraction of sp³-hybridized carbons (Fsp3) is 0.625. The minimum atomic E-state index is -4.70. The van der Waals surface area contributed by atoms with Gasteiger partial charge in [-0.05, 0) is 75.1 Å². The highest BCUT2D eigenvalue weighted by molar-refractivity contribution is 5.39. The maximum Gasteiger partial charge on any atom is 0.573 e. The maximum atomic E-state index is 12.4. The van der Waals surface area contributed by atoms with Crippen molar-refractivity contribution in [1.82, 2.24) is 14.7 Å². The Balaban J connectivity index is 1.14. The van der Waals surface area contributed by atoms with Crippen LogP contribution in [-0.4, -0.2) is 59.5 Å². The van der Waals surface area contributed by atoms with E-state index in [4.69, 9.17) is 9.47 Å². The Morgan fingerprint density at radius 2 is 1.70 bits per heavy atom. The van der Waals surface area contributed by atoms with Crippen LogP contribution in [0.1, 0.15) is 44.2 Å². The Bertz CT molecular complexity index is 938. The first-order valence-corrected chi connectivity index (χ1v) is 11.7. The van der Waals surface area contributed by atoms with Crippen LogP contribution in [0, 0.1) is 12.3 Å². The number of likely N-dealkylation sites (tertiary alicyclic amines) is 1. The van der Waals surface area contributed by atoms with Crippen LogP contribution in [0.2, 0.25) is 0 Å². The third-order valence-corrected chi connectivity index (χ3v) is 7.24. The monoisotopic (exact) mass is 465 g/mol. The fourth-order valence-electron chi connectivity index (χ4n) is 5.49. The van der Waals surface area contributed by atoms with E-state index < -0.39 is 6.36 Å². The van der Waals surface area contributed by atoms with Gasteiger partial charge in [-0.3, -0.25) is 4.90 Å². The van der Waals surface area contributed by atoms with Gasteiger partial charge in [-0.15, -0.1) is 18.3 Å². The lowest BCUT2D eigenvalue weighted by Gasteiger charge is -2.56. The van der Waals surface area contributed by atoms with E-state index in [9.17, 15) is 13.2 Å². The van der Waals surface area contributed by atoms with Crippen LogP contribution in [0.25, 0.3) is 5.69 Å². The molecular formula is C24H30F3N3O3. The molecule has 6 nitrogen and oxygen atoms in total. The van der Waals surface area contributed by atoms with E-state index in [1.54, 1.807) is 16.8 Å². The van der Waals surface area contributed by atoms with Crippen LogP contribution in [-0.2, 0) is 4.74 Å². The third-order valence-electron chi connectivity index (χ3n) is 7.24. The number of ether oxygens (including phenoxy) is 3. The molecule has 1 aliphatic carbocycles. The zero-order valence-corrected chi connectivity index (χ0v) is 18.8. The summed E-state index contributed by atoms with van der Waals surface area (Å²) >= 11 is 0. The van der Waals surface area contributed by atoms with Gasteiger partial charge in [0.25, 0.3) is 0 Å². The molecule has 0 radical (unpaired) electrons. The van der Waals surface area contributed by atoms with Gasteiger partial charge in [-0.1, -0.05) is 0 Å². The average molecular weight is 466 g/mol. The molecule has 3 fully saturated rings. The van der Waals surface area contributed by atoms with Gasteiger partial charge in [0, 0.05) is 44.1 Å². The first-order valence-electron chi connectivity index (χ1n) is 11.7. The highest BCUT2D eigenvalue weighted by Crippen LogP contribution is 2.46. The molecule has 2 saturated heterocycles. The summed E-state index contributed by atoms with van der Waals surface area (Å²) in [7, 11) is 0. The van der Waals surface area contributed by atoms with Crippen molar-refractivity contribution in [3.63, 3.8) is 0 Å². The van der Waals surface area contributed by atoms with Crippen molar-refractivity contribution >= 4 is 0 Å². The summed E-state index contributed by atoms with van der Waals surface area (Å²) in [6.45, 7) is 6.08. The van der Waals surface area contributed by atoms with Gasteiger partial charge < -0.3 is 14.2 Å². The molecule has 1 saturated carbocycles. The molecule has 33 heavy (non-hydrogen) atoms. The Hall–Kier alpha value is -2.26. The first kappa shape index (κ1) is 22.5. The van der Waals surface area contributed by atoms with Crippen molar-refractivity contribution in [2.45, 2.75) is 64.0 Å². The van der Waals surface area contributed by atoms with Gasteiger partial charge in [0.1, 0.15) is 11.9 Å². The molecule has 9 heteroatoms. The van der Waals surface area contributed by atoms with Crippen molar-refractivity contribution in [3.05, 3.63) is 36.0 Å². The van der Waals surface area contributed by atoms with E-state index in [0.29, 0.717) is 23.0 Å². The van der Waals surface area contributed by atoms with Gasteiger partial charge in [-0.2, -0.15) is 0 Å². The summed E-state index contributed by atoms with van der Waals surface area (Å²) < 4.78 is 54.4. The Kier molecular flexibility index (Phi) is 6.03. The van der Waals surface area contributed by atoms with Crippen molar-refractivity contribution in [1.29, 1.82) is 0 Å². The number of hydrogen-bond acceptors (Lipinski definition) is 5. The number of halogens is 3. The predicted molar refractivity (Wildman–Crippen MR) is 116 cm³/mol. The molecule has 3 heterocycles.